The van der Waals surface area contributed by atoms with E-state index in [-0.39, 0.29) is 42.8 Å². The Morgan fingerprint density at radius 1 is 1.03 bits per heavy atom. The summed E-state index contributed by atoms with van der Waals surface area (Å²) in [4.78, 5) is 34.6. The maximum Gasteiger partial charge on any atom is 0.292 e. The van der Waals surface area contributed by atoms with Gasteiger partial charge in [-0.2, -0.15) is 0 Å². The third kappa shape index (κ3) is 5.68. The molecule has 1 heterocycles. The minimum absolute atomic E-state index is 0.0358. The summed E-state index contributed by atoms with van der Waals surface area (Å²) in [7, 11) is 0. The molecule has 0 fully saturated rings. The van der Waals surface area contributed by atoms with Gasteiger partial charge in [0.25, 0.3) is 11.6 Å². The zero-order valence-corrected chi connectivity index (χ0v) is 16.0. The number of nitrogens with zero attached hydrogens (tertiary/aromatic N) is 1. The van der Waals surface area contributed by atoms with Crippen molar-refractivity contribution in [3.8, 4) is 0 Å². The minimum atomic E-state index is -0.472. The van der Waals surface area contributed by atoms with Crippen molar-refractivity contribution in [2.24, 2.45) is 0 Å². The first-order valence-corrected chi connectivity index (χ1v) is 9.21. The molecule has 2 aromatic carbocycles. The molecule has 3 N–H and O–H groups in total. The fraction of sp³-hybridized carbons (Fsp3) is 0.143. The van der Waals surface area contributed by atoms with Crippen molar-refractivity contribution in [3.63, 3.8) is 0 Å². The number of hydrogen-bond donors (Lipinski definition) is 3. The van der Waals surface area contributed by atoms with Gasteiger partial charge in [-0.1, -0.05) is 24.3 Å². The molecule has 0 bridgehead atoms. The summed E-state index contributed by atoms with van der Waals surface area (Å²) in [6.07, 6.45) is 1.58. The molecule has 0 saturated carbocycles. The Morgan fingerprint density at radius 3 is 2.63 bits per heavy atom. The summed E-state index contributed by atoms with van der Waals surface area (Å²) >= 11 is 0. The molecule has 9 heteroatoms. The van der Waals surface area contributed by atoms with E-state index in [0.717, 1.165) is 5.56 Å². The predicted octanol–water partition coefficient (Wildman–Crippen LogP) is 3.56. The van der Waals surface area contributed by atoms with Crippen LogP contribution in [0.1, 0.15) is 22.5 Å². The van der Waals surface area contributed by atoms with Gasteiger partial charge in [0.2, 0.25) is 5.91 Å². The highest BCUT2D eigenvalue weighted by Crippen LogP contribution is 2.22. The Balaban J connectivity index is 1.46. The Kier molecular flexibility index (Phi) is 6.78. The van der Waals surface area contributed by atoms with E-state index in [0.29, 0.717) is 11.4 Å². The van der Waals surface area contributed by atoms with Gasteiger partial charge in [-0.25, -0.2) is 0 Å². The number of carbonyl (C=O) groups excluding carboxylic acids is 2. The maximum atomic E-state index is 12.1. The third-order valence-electron chi connectivity index (χ3n) is 4.19. The zero-order chi connectivity index (χ0) is 21.3. The molecule has 1 aromatic heterocycles. The summed E-state index contributed by atoms with van der Waals surface area (Å²) in [5, 5.41) is 19.4. The molecular weight excluding hydrogens is 388 g/mol. The normalized spacial score (nSPS) is 10.3. The van der Waals surface area contributed by atoms with Gasteiger partial charge in [0, 0.05) is 31.3 Å². The summed E-state index contributed by atoms with van der Waals surface area (Å²) in [6, 6.07) is 16.6. The molecule has 0 unspecified atom stereocenters. The van der Waals surface area contributed by atoms with Crippen LogP contribution in [0.25, 0.3) is 0 Å². The topological polar surface area (TPSA) is 127 Å². The van der Waals surface area contributed by atoms with Crippen molar-refractivity contribution in [2.75, 3.05) is 17.2 Å². The highest BCUT2D eigenvalue weighted by Gasteiger charge is 2.12. The summed E-state index contributed by atoms with van der Waals surface area (Å²) < 4.78 is 5.05. The van der Waals surface area contributed by atoms with Crippen molar-refractivity contribution in [1.29, 1.82) is 0 Å². The number of amides is 2. The van der Waals surface area contributed by atoms with Crippen LogP contribution in [0, 0.1) is 10.1 Å². The van der Waals surface area contributed by atoms with Crippen LogP contribution >= 0.6 is 0 Å². The fourth-order valence-corrected chi connectivity index (χ4v) is 2.74. The van der Waals surface area contributed by atoms with Crippen LogP contribution in [0.5, 0.6) is 0 Å². The Morgan fingerprint density at radius 2 is 1.87 bits per heavy atom. The molecule has 3 rings (SSSR count). The van der Waals surface area contributed by atoms with Gasteiger partial charge in [0.05, 0.1) is 11.2 Å². The number of para-hydroxylation sites is 2. The summed E-state index contributed by atoms with van der Waals surface area (Å²) in [5.74, 6) is -0.353. The lowest BCUT2D eigenvalue weighted by Gasteiger charge is -2.09. The largest absolute Gasteiger partial charge is 0.459 e. The van der Waals surface area contributed by atoms with E-state index in [1.54, 1.807) is 48.5 Å². The molecule has 0 saturated heterocycles. The second-order valence-corrected chi connectivity index (χ2v) is 6.36. The SMILES string of the molecule is O=C(CCNc1ccccc1[N+](=O)[O-])NCc1cccc(NC(=O)c2ccco2)c1. The van der Waals surface area contributed by atoms with Gasteiger partial charge < -0.3 is 20.4 Å². The number of anilines is 2. The molecule has 30 heavy (non-hydrogen) atoms. The molecule has 3 aromatic rings. The average molecular weight is 408 g/mol. The van der Waals surface area contributed by atoms with Crippen molar-refractivity contribution in [1.82, 2.24) is 5.32 Å². The Bertz CT molecular complexity index is 1030. The van der Waals surface area contributed by atoms with Gasteiger partial charge in [0.15, 0.2) is 5.76 Å². The smallest absolute Gasteiger partial charge is 0.292 e. The lowest BCUT2D eigenvalue weighted by Crippen LogP contribution is -2.25. The van der Waals surface area contributed by atoms with E-state index < -0.39 is 4.92 Å². The third-order valence-corrected chi connectivity index (χ3v) is 4.19. The second kappa shape index (κ2) is 9.87. The lowest BCUT2D eigenvalue weighted by atomic mass is 10.2. The molecule has 0 spiro atoms. The quantitative estimate of drug-likeness (QED) is 0.367. The minimum Gasteiger partial charge on any atom is -0.459 e. The fourth-order valence-electron chi connectivity index (χ4n) is 2.74. The molecule has 2 amide bonds. The number of benzene rings is 2. The van der Waals surface area contributed by atoms with Crippen molar-refractivity contribution >= 4 is 28.9 Å². The molecule has 0 aliphatic carbocycles. The van der Waals surface area contributed by atoms with Crippen LogP contribution in [0.2, 0.25) is 0 Å². The van der Waals surface area contributed by atoms with Crippen LogP contribution in [0.4, 0.5) is 17.1 Å². The first-order chi connectivity index (χ1) is 14.5. The van der Waals surface area contributed by atoms with Crippen LogP contribution in [0.15, 0.2) is 71.3 Å². The molecule has 0 aliphatic heterocycles. The standard InChI is InChI=1S/C21H20N4O5/c26-20(10-11-22-17-7-1-2-8-18(17)25(28)29)23-14-15-5-3-6-16(13-15)24-21(27)19-9-4-12-30-19/h1-9,12-13,22H,10-11,14H2,(H,23,26)(H,24,27). The number of nitrogens with one attached hydrogen (secondary N) is 3. The number of carbonyl (C=O) groups is 2. The van der Waals surface area contributed by atoms with Gasteiger partial charge >= 0.3 is 0 Å². The van der Waals surface area contributed by atoms with Gasteiger partial charge in [-0.15, -0.1) is 0 Å². The molecule has 0 aliphatic rings. The maximum absolute atomic E-state index is 12.1. The van der Waals surface area contributed by atoms with Gasteiger partial charge in [-0.3, -0.25) is 19.7 Å². The van der Waals surface area contributed by atoms with Crippen LogP contribution in [-0.2, 0) is 11.3 Å². The number of hydrogen-bond acceptors (Lipinski definition) is 6. The zero-order valence-electron chi connectivity index (χ0n) is 16.0. The molecular formula is C21H20N4O5. The predicted molar refractivity (Wildman–Crippen MR) is 111 cm³/mol. The summed E-state index contributed by atoms with van der Waals surface area (Å²) in [5.41, 5.74) is 1.73. The van der Waals surface area contributed by atoms with Gasteiger partial charge in [0.1, 0.15) is 5.69 Å². The van der Waals surface area contributed by atoms with E-state index in [4.69, 9.17) is 4.42 Å². The Labute approximate surface area is 172 Å². The average Bonchev–Trinajstić information content (AvgIpc) is 3.28. The van der Waals surface area contributed by atoms with Crippen molar-refractivity contribution < 1.29 is 18.9 Å². The monoisotopic (exact) mass is 408 g/mol. The number of furan rings is 1. The molecule has 9 nitrogen and oxygen atoms in total. The summed E-state index contributed by atoms with van der Waals surface area (Å²) in [6.45, 7) is 0.546. The van der Waals surface area contributed by atoms with Gasteiger partial charge in [-0.05, 0) is 35.9 Å². The van der Waals surface area contributed by atoms with E-state index in [9.17, 15) is 19.7 Å². The number of nitro benzene ring substituents is 1. The highest BCUT2D eigenvalue weighted by molar-refractivity contribution is 6.02. The van der Waals surface area contributed by atoms with Crippen molar-refractivity contribution in [2.45, 2.75) is 13.0 Å². The van der Waals surface area contributed by atoms with Crippen molar-refractivity contribution in [3.05, 3.63) is 88.4 Å². The van der Waals surface area contributed by atoms with Crippen LogP contribution in [0.3, 0.4) is 0 Å². The number of nitro groups is 1. The first kappa shape index (κ1) is 20.6. The molecule has 0 atom stereocenters. The van der Waals surface area contributed by atoms with E-state index >= 15 is 0 Å². The first-order valence-electron chi connectivity index (χ1n) is 9.21. The van der Waals surface area contributed by atoms with E-state index in [1.165, 1.54) is 12.3 Å². The lowest BCUT2D eigenvalue weighted by molar-refractivity contribution is -0.384. The highest BCUT2D eigenvalue weighted by atomic mass is 16.6. The number of rotatable bonds is 9. The molecule has 154 valence electrons. The van der Waals surface area contributed by atoms with E-state index in [2.05, 4.69) is 16.0 Å². The Hall–Kier alpha value is -4.14. The van der Waals surface area contributed by atoms with E-state index in [1.807, 2.05) is 6.07 Å². The van der Waals surface area contributed by atoms with Crippen LogP contribution in [-0.4, -0.2) is 23.3 Å². The molecule has 0 radical (unpaired) electrons. The second-order valence-electron chi connectivity index (χ2n) is 6.36. The van der Waals surface area contributed by atoms with Crippen LogP contribution < -0.4 is 16.0 Å².